The first-order chi connectivity index (χ1) is 19.8. The van der Waals surface area contributed by atoms with E-state index in [1.54, 1.807) is 0 Å². The number of nitrogens with zero attached hydrogens (tertiary/aromatic N) is 2. The molecular formula is C38H30N2. The van der Waals surface area contributed by atoms with Gasteiger partial charge in [0.25, 0.3) is 0 Å². The van der Waals surface area contributed by atoms with Gasteiger partial charge in [-0.25, -0.2) is 0 Å². The number of para-hydroxylation sites is 4. The van der Waals surface area contributed by atoms with Crippen molar-refractivity contribution in [2.45, 2.75) is 0 Å². The van der Waals surface area contributed by atoms with Crippen LogP contribution in [0.15, 0.2) is 170 Å². The molecule has 6 aromatic carbocycles. The highest BCUT2D eigenvalue weighted by atomic mass is 15.2. The number of hydrogen-bond acceptors (Lipinski definition) is 2. The second-order valence-electron chi connectivity index (χ2n) is 9.48. The van der Waals surface area contributed by atoms with E-state index in [4.69, 9.17) is 0 Å². The Kier molecular flexibility index (Phi) is 7.23. The third-order valence-electron chi connectivity index (χ3n) is 6.99. The smallest absolute Gasteiger partial charge is 0.0787 e. The Labute approximate surface area is 236 Å². The third kappa shape index (κ3) is 4.91. The highest BCUT2D eigenvalue weighted by molar-refractivity contribution is 6.02. The lowest BCUT2D eigenvalue weighted by Gasteiger charge is -2.35. The Bertz CT molecular complexity index is 1600. The minimum Gasteiger partial charge on any atom is -0.308 e. The second-order valence-corrected chi connectivity index (χ2v) is 9.48. The van der Waals surface area contributed by atoms with Gasteiger partial charge in [0.1, 0.15) is 0 Å². The quantitative estimate of drug-likeness (QED) is 0.199. The molecule has 0 saturated carbocycles. The molecule has 0 aromatic heterocycles. The fraction of sp³-hybridized carbons (Fsp3) is 0. The maximum Gasteiger partial charge on any atom is 0.0787 e. The molecular weight excluding hydrogens is 484 g/mol. The van der Waals surface area contributed by atoms with Gasteiger partial charge < -0.3 is 9.80 Å². The molecule has 0 aliphatic carbocycles. The van der Waals surface area contributed by atoms with Crippen molar-refractivity contribution >= 4 is 40.2 Å². The lowest BCUT2D eigenvalue weighted by Crippen LogP contribution is -2.18. The van der Waals surface area contributed by atoms with Crippen LogP contribution >= 0.6 is 0 Å². The van der Waals surface area contributed by atoms with E-state index in [-0.39, 0.29) is 0 Å². The lowest BCUT2D eigenvalue weighted by molar-refractivity contribution is 1.22. The van der Waals surface area contributed by atoms with Gasteiger partial charge in [-0.15, -0.1) is 0 Å². The molecule has 40 heavy (non-hydrogen) atoms. The zero-order valence-corrected chi connectivity index (χ0v) is 22.3. The number of anilines is 6. The molecule has 0 unspecified atom stereocenters. The van der Waals surface area contributed by atoms with Gasteiger partial charge >= 0.3 is 0 Å². The van der Waals surface area contributed by atoms with Crippen LogP contribution in [0, 0.1) is 0 Å². The summed E-state index contributed by atoms with van der Waals surface area (Å²) in [5.41, 5.74) is 9.79. The zero-order chi connectivity index (χ0) is 27.1. The molecule has 0 radical (unpaired) electrons. The van der Waals surface area contributed by atoms with Crippen molar-refractivity contribution in [1.29, 1.82) is 0 Å². The van der Waals surface area contributed by atoms with E-state index in [0.29, 0.717) is 0 Å². The van der Waals surface area contributed by atoms with Crippen molar-refractivity contribution in [3.05, 3.63) is 176 Å². The molecule has 0 amide bonds. The summed E-state index contributed by atoms with van der Waals surface area (Å²) in [6, 6.07) is 57.3. The largest absolute Gasteiger partial charge is 0.308 e. The molecule has 0 aliphatic rings. The molecule has 0 aliphatic heterocycles. The van der Waals surface area contributed by atoms with Crippen molar-refractivity contribution in [2.24, 2.45) is 0 Å². The summed E-state index contributed by atoms with van der Waals surface area (Å²) >= 11 is 0. The Morgan fingerprint density at radius 3 is 1.18 bits per heavy atom. The van der Waals surface area contributed by atoms with Gasteiger partial charge in [0.15, 0.2) is 0 Å². The molecule has 2 heteroatoms. The van der Waals surface area contributed by atoms with Gasteiger partial charge in [-0.1, -0.05) is 122 Å². The number of benzene rings is 6. The van der Waals surface area contributed by atoms with E-state index in [0.717, 1.165) is 50.8 Å². The summed E-state index contributed by atoms with van der Waals surface area (Å²) in [5.74, 6) is 0. The highest BCUT2D eigenvalue weighted by Gasteiger charge is 2.26. The van der Waals surface area contributed by atoms with Crippen LogP contribution in [0.5, 0.6) is 0 Å². The fourth-order valence-corrected chi connectivity index (χ4v) is 5.22. The van der Waals surface area contributed by atoms with Crippen LogP contribution in [0.3, 0.4) is 0 Å². The molecule has 0 bridgehead atoms. The Hall–Kier alpha value is -5.34. The monoisotopic (exact) mass is 514 g/mol. The fourth-order valence-electron chi connectivity index (χ4n) is 5.22. The van der Waals surface area contributed by atoms with E-state index < -0.39 is 0 Å². The molecule has 0 heterocycles. The predicted molar refractivity (Wildman–Crippen MR) is 171 cm³/mol. The Morgan fingerprint density at radius 2 is 0.775 bits per heavy atom. The van der Waals surface area contributed by atoms with E-state index >= 15 is 0 Å². The molecule has 192 valence electrons. The van der Waals surface area contributed by atoms with Crippen LogP contribution in [0.2, 0.25) is 0 Å². The minimum absolute atomic E-state index is 1.06. The molecule has 6 rings (SSSR count). The van der Waals surface area contributed by atoms with Gasteiger partial charge in [-0.2, -0.15) is 0 Å². The summed E-state index contributed by atoms with van der Waals surface area (Å²) in [7, 11) is 0. The second kappa shape index (κ2) is 11.6. The predicted octanol–water partition coefficient (Wildman–Crippen LogP) is 10.9. The van der Waals surface area contributed by atoms with Crippen molar-refractivity contribution in [2.75, 3.05) is 9.80 Å². The first-order valence-corrected chi connectivity index (χ1v) is 13.5. The van der Waals surface area contributed by atoms with Crippen molar-refractivity contribution in [3.63, 3.8) is 0 Å². The van der Waals surface area contributed by atoms with E-state index in [2.05, 4.69) is 180 Å². The van der Waals surface area contributed by atoms with Crippen LogP contribution in [-0.2, 0) is 0 Å². The normalized spacial score (nSPS) is 10.6. The molecule has 6 aromatic rings. The standard InChI is InChI=1S/C38H30N2/c1-2-30-28-29-36(39(32-20-10-4-11-21-32)33-22-12-5-13-23-33)38(37(30)31-18-8-3-9-19-31)40(34-24-14-6-15-25-34)35-26-16-7-17-27-35/h2-29H,1H2. The maximum atomic E-state index is 4.22. The van der Waals surface area contributed by atoms with Crippen molar-refractivity contribution < 1.29 is 0 Å². The zero-order valence-electron chi connectivity index (χ0n) is 22.3. The molecule has 0 spiro atoms. The number of hydrogen-bond donors (Lipinski definition) is 0. The van der Waals surface area contributed by atoms with Crippen LogP contribution < -0.4 is 9.80 Å². The summed E-state index contributed by atoms with van der Waals surface area (Å²) in [4.78, 5) is 4.71. The first-order valence-electron chi connectivity index (χ1n) is 13.5. The summed E-state index contributed by atoms with van der Waals surface area (Å²) in [5, 5.41) is 0. The molecule has 0 saturated heterocycles. The van der Waals surface area contributed by atoms with E-state index in [9.17, 15) is 0 Å². The summed E-state index contributed by atoms with van der Waals surface area (Å²) in [6.07, 6.45) is 1.96. The topological polar surface area (TPSA) is 6.48 Å². The van der Waals surface area contributed by atoms with Gasteiger partial charge in [-0.3, -0.25) is 0 Å². The van der Waals surface area contributed by atoms with E-state index in [1.807, 2.05) is 6.08 Å². The average Bonchev–Trinajstić information content (AvgIpc) is 3.04. The van der Waals surface area contributed by atoms with Gasteiger partial charge in [0.05, 0.1) is 11.4 Å². The minimum atomic E-state index is 1.06. The van der Waals surface area contributed by atoms with Crippen molar-refractivity contribution in [3.8, 4) is 11.1 Å². The third-order valence-corrected chi connectivity index (χ3v) is 6.99. The van der Waals surface area contributed by atoms with Gasteiger partial charge in [0.2, 0.25) is 0 Å². The van der Waals surface area contributed by atoms with E-state index in [1.165, 1.54) is 0 Å². The summed E-state index contributed by atoms with van der Waals surface area (Å²) < 4.78 is 0. The van der Waals surface area contributed by atoms with Crippen LogP contribution in [0.25, 0.3) is 17.2 Å². The Balaban J connectivity index is 1.76. The van der Waals surface area contributed by atoms with Gasteiger partial charge in [-0.05, 0) is 65.7 Å². The van der Waals surface area contributed by atoms with Crippen LogP contribution in [-0.4, -0.2) is 0 Å². The molecule has 2 nitrogen and oxygen atoms in total. The highest BCUT2D eigenvalue weighted by Crippen LogP contribution is 2.51. The number of rotatable bonds is 8. The Morgan fingerprint density at radius 1 is 0.400 bits per heavy atom. The maximum absolute atomic E-state index is 4.22. The molecule has 0 atom stereocenters. The first kappa shape index (κ1) is 25.0. The van der Waals surface area contributed by atoms with Crippen LogP contribution in [0.1, 0.15) is 5.56 Å². The SMILES string of the molecule is C=Cc1ccc(N(c2ccccc2)c2ccccc2)c(N(c2ccccc2)c2ccccc2)c1-c1ccccc1. The van der Waals surface area contributed by atoms with Gasteiger partial charge in [0, 0.05) is 28.3 Å². The molecule has 0 fully saturated rings. The lowest BCUT2D eigenvalue weighted by atomic mass is 9.94. The molecule has 0 N–H and O–H groups in total. The summed E-state index contributed by atoms with van der Waals surface area (Å²) in [6.45, 7) is 4.22. The van der Waals surface area contributed by atoms with Crippen molar-refractivity contribution in [1.82, 2.24) is 0 Å². The van der Waals surface area contributed by atoms with Crippen LogP contribution in [0.4, 0.5) is 34.1 Å². The average molecular weight is 515 g/mol.